The molecule has 0 aliphatic carbocycles. The fourth-order valence-corrected chi connectivity index (χ4v) is 8.34. The zero-order valence-electron chi connectivity index (χ0n) is 39.2. The second-order valence-electron chi connectivity index (χ2n) is 14.2. The van der Waals surface area contributed by atoms with Gasteiger partial charge in [-0.2, -0.15) is 0 Å². The van der Waals surface area contributed by atoms with E-state index in [9.17, 15) is 11.0 Å². The van der Waals surface area contributed by atoms with Gasteiger partial charge in [0.25, 0.3) is 0 Å². The van der Waals surface area contributed by atoms with Crippen molar-refractivity contribution in [2.75, 3.05) is 4.90 Å². The van der Waals surface area contributed by atoms with E-state index in [2.05, 4.69) is 34.9 Å². The number of fused-ring (bicyclic) bond motifs is 5. The topological polar surface area (TPSA) is 8.17 Å². The molecule has 1 heterocycles. The standard InChI is InChI=1S/C56H38N2/c1-2-19-43(20-3-1)58-54-29-11-9-24-52(54)56-51(27-14-30-55(56)58)50-23-8-10-28-53(50)57(44-35-31-41(32-36-44)48-25-12-17-39-15-4-6-21-46(39)48)45-37-33-42(34-38-45)49-26-13-18-40-16-5-7-22-47(40)49/h1-38H/i31D,32D,33D,34D,35D,36D,37D,38D. The van der Waals surface area contributed by atoms with Crippen molar-refractivity contribution in [2.24, 2.45) is 0 Å². The van der Waals surface area contributed by atoms with Gasteiger partial charge in [-0.25, -0.2) is 0 Å². The zero-order chi connectivity index (χ0) is 45.4. The van der Waals surface area contributed by atoms with E-state index in [1.807, 2.05) is 127 Å². The summed E-state index contributed by atoms with van der Waals surface area (Å²) in [5, 5.41) is 5.18. The molecule has 0 radical (unpaired) electrons. The minimum absolute atomic E-state index is 0.114. The van der Waals surface area contributed by atoms with Crippen molar-refractivity contribution in [1.82, 2.24) is 4.57 Å². The third-order valence-corrected chi connectivity index (χ3v) is 10.9. The summed E-state index contributed by atoms with van der Waals surface area (Å²) in [6.45, 7) is 0. The van der Waals surface area contributed by atoms with E-state index in [0.29, 0.717) is 22.4 Å². The lowest BCUT2D eigenvalue weighted by atomic mass is 9.95. The Morgan fingerprint density at radius 1 is 0.345 bits per heavy atom. The van der Waals surface area contributed by atoms with Crippen LogP contribution in [0.5, 0.6) is 0 Å². The predicted molar refractivity (Wildman–Crippen MR) is 247 cm³/mol. The van der Waals surface area contributed by atoms with Crippen LogP contribution in [0.1, 0.15) is 11.0 Å². The Bertz CT molecular complexity index is 3550. The van der Waals surface area contributed by atoms with Crippen LogP contribution in [0.15, 0.2) is 230 Å². The van der Waals surface area contributed by atoms with Crippen LogP contribution >= 0.6 is 0 Å². The summed E-state index contributed by atoms with van der Waals surface area (Å²) in [6, 6.07) is 55.2. The van der Waals surface area contributed by atoms with Crippen molar-refractivity contribution in [1.29, 1.82) is 0 Å². The predicted octanol–water partition coefficient (Wildman–Crippen LogP) is 15.6. The Labute approximate surface area is 349 Å². The van der Waals surface area contributed by atoms with Gasteiger partial charge in [0.05, 0.1) is 27.7 Å². The molecular formula is C56H38N2. The Kier molecular flexibility index (Phi) is 6.38. The highest BCUT2D eigenvalue weighted by Gasteiger charge is 2.22. The molecule has 0 atom stereocenters. The Balaban J connectivity index is 1.23. The molecule has 1 aromatic heterocycles. The van der Waals surface area contributed by atoms with Crippen LogP contribution in [-0.2, 0) is 0 Å². The summed E-state index contributed by atoms with van der Waals surface area (Å²) in [5.74, 6) is 0. The zero-order valence-corrected chi connectivity index (χ0v) is 31.2. The Morgan fingerprint density at radius 2 is 0.793 bits per heavy atom. The molecule has 0 N–H and O–H groups in total. The first-order chi connectivity index (χ1) is 32.2. The number of hydrogen-bond acceptors (Lipinski definition) is 1. The molecule has 10 aromatic carbocycles. The normalized spacial score (nSPS) is 13.4. The lowest BCUT2D eigenvalue weighted by Gasteiger charge is -2.28. The first-order valence-electron chi connectivity index (χ1n) is 23.3. The SMILES string of the molecule is [2H]c1c([2H])c(N(c2ccccc2-c2cccc3c2c2ccccc2n3-c2ccccc2)c2c([2H])c([2H])c(-c3cccc4ccccc34)c([2H])c2[2H])c([2H])c([2H])c1-c1cccc2ccccc12. The number of benzene rings is 10. The van der Waals surface area contributed by atoms with Crippen LogP contribution < -0.4 is 4.90 Å². The first kappa shape index (κ1) is 26.2. The molecular weight excluding hydrogens is 701 g/mol. The molecule has 11 aromatic rings. The molecule has 0 saturated carbocycles. The molecule has 0 unspecified atom stereocenters. The monoisotopic (exact) mass is 746 g/mol. The quantitative estimate of drug-likeness (QED) is 0.158. The Morgan fingerprint density at radius 3 is 1.43 bits per heavy atom. The van der Waals surface area contributed by atoms with Gasteiger partial charge in [0.15, 0.2) is 0 Å². The number of nitrogens with zero attached hydrogens (tertiary/aromatic N) is 2. The number of hydrogen-bond donors (Lipinski definition) is 0. The maximum Gasteiger partial charge on any atom is 0.0645 e. The van der Waals surface area contributed by atoms with Crippen molar-refractivity contribution >= 4 is 60.4 Å². The second kappa shape index (κ2) is 14.1. The van der Waals surface area contributed by atoms with Crippen LogP contribution in [0, 0.1) is 0 Å². The molecule has 0 fully saturated rings. The van der Waals surface area contributed by atoms with Gasteiger partial charge < -0.3 is 9.47 Å². The minimum Gasteiger partial charge on any atom is -0.310 e. The lowest BCUT2D eigenvalue weighted by molar-refractivity contribution is 1.18. The van der Waals surface area contributed by atoms with Gasteiger partial charge in [0.1, 0.15) is 0 Å². The summed E-state index contributed by atoms with van der Waals surface area (Å²) in [7, 11) is 0. The fraction of sp³-hybridized carbons (Fsp3) is 0. The highest BCUT2D eigenvalue weighted by atomic mass is 15.1. The average Bonchev–Trinajstić information content (AvgIpc) is 3.70. The second-order valence-corrected chi connectivity index (χ2v) is 14.2. The van der Waals surface area contributed by atoms with E-state index in [-0.39, 0.29) is 46.7 Å². The van der Waals surface area contributed by atoms with Gasteiger partial charge in [0, 0.05) is 33.4 Å². The molecule has 0 bridgehead atoms. The summed E-state index contributed by atoms with van der Waals surface area (Å²) in [6.07, 6.45) is 0. The van der Waals surface area contributed by atoms with Gasteiger partial charge in [-0.15, -0.1) is 0 Å². The minimum atomic E-state index is -0.400. The number of anilines is 3. The summed E-state index contributed by atoms with van der Waals surface area (Å²) in [5.41, 5.74) is 5.50. The van der Waals surface area contributed by atoms with Gasteiger partial charge >= 0.3 is 0 Å². The van der Waals surface area contributed by atoms with Crippen molar-refractivity contribution in [3.8, 4) is 39.1 Å². The van der Waals surface area contributed by atoms with Gasteiger partial charge in [-0.3, -0.25) is 0 Å². The lowest BCUT2D eigenvalue weighted by Crippen LogP contribution is -2.11. The number of aromatic nitrogens is 1. The van der Waals surface area contributed by atoms with Gasteiger partial charge in [-0.05, 0) is 104 Å². The highest BCUT2D eigenvalue weighted by molar-refractivity contribution is 6.17. The van der Waals surface area contributed by atoms with Crippen LogP contribution in [0.25, 0.3) is 82.4 Å². The van der Waals surface area contributed by atoms with Gasteiger partial charge in [0.2, 0.25) is 0 Å². The van der Waals surface area contributed by atoms with Crippen LogP contribution in [-0.4, -0.2) is 4.57 Å². The molecule has 0 saturated heterocycles. The largest absolute Gasteiger partial charge is 0.310 e. The van der Waals surface area contributed by atoms with Crippen molar-refractivity contribution in [3.63, 3.8) is 0 Å². The smallest absolute Gasteiger partial charge is 0.0645 e. The first-order valence-corrected chi connectivity index (χ1v) is 19.3. The van der Waals surface area contributed by atoms with Crippen LogP contribution in [0.3, 0.4) is 0 Å². The number of rotatable bonds is 7. The Hall–Kier alpha value is -7.68. The highest BCUT2D eigenvalue weighted by Crippen LogP contribution is 2.46. The van der Waals surface area contributed by atoms with Crippen LogP contribution in [0.4, 0.5) is 17.1 Å². The maximum absolute atomic E-state index is 9.84. The summed E-state index contributed by atoms with van der Waals surface area (Å²) >= 11 is 0. The third-order valence-electron chi connectivity index (χ3n) is 10.9. The van der Waals surface area contributed by atoms with E-state index in [1.165, 1.54) is 4.90 Å². The molecule has 2 nitrogen and oxygen atoms in total. The van der Waals surface area contributed by atoms with E-state index in [1.54, 1.807) is 24.3 Å². The van der Waals surface area contributed by atoms with E-state index in [0.717, 1.165) is 54.6 Å². The molecule has 0 amide bonds. The van der Waals surface area contributed by atoms with Gasteiger partial charge in [-0.1, -0.05) is 176 Å². The average molecular weight is 747 g/mol. The van der Waals surface area contributed by atoms with Crippen molar-refractivity contribution in [3.05, 3.63) is 230 Å². The van der Waals surface area contributed by atoms with E-state index in [4.69, 9.17) is 0 Å². The van der Waals surface area contributed by atoms with Crippen LogP contribution in [0.2, 0.25) is 0 Å². The molecule has 2 heteroatoms. The maximum atomic E-state index is 9.84. The van der Waals surface area contributed by atoms with Crippen molar-refractivity contribution in [2.45, 2.75) is 0 Å². The number of para-hydroxylation sites is 3. The fourth-order valence-electron chi connectivity index (χ4n) is 8.34. The summed E-state index contributed by atoms with van der Waals surface area (Å²) in [4.78, 5) is 1.42. The molecule has 58 heavy (non-hydrogen) atoms. The van der Waals surface area contributed by atoms with E-state index >= 15 is 0 Å². The summed E-state index contributed by atoms with van der Waals surface area (Å²) < 4.78 is 80.1. The van der Waals surface area contributed by atoms with E-state index < -0.39 is 24.2 Å². The van der Waals surface area contributed by atoms with Crippen molar-refractivity contribution < 1.29 is 11.0 Å². The molecule has 0 aliphatic heterocycles. The molecule has 272 valence electrons. The molecule has 0 aliphatic rings. The molecule has 11 rings (SSSR count). The molecule has 0 spiro atoms. The third kappa shape index (κ3) is 5.66.